The molecule has 6 rings (SSSR count). The Kier molecular flexibility index (Phi) is 5.27. The maximum Gasteiger partial charge on any atom is 0.217 e. The molecule has 0 fully saturated rings. The highest BCUT2D eigenvalue weighted by atomic mass is 16.5. The number of methoxy groups -OCH3 is 1. The molecular formula is C31H33NO9. The number of aromatic hydroxyl groups is 2. The number of phenols is 2. The maximum absolute atomic E-state index is 14.2. The monoisotopic (exact) mass is 563 g/mol. The van der Waals surface area contributed by atoms with E-state index in [0.29, 0.717) is 22.3 Å². The number of ketones is 2. The van der Waals surface area contributed by atoms with E-state index in [-0.39, 0.29) is 17.4 Å². The zero-order valence-electron chi connectivity index (χ0n) is 23.3. The molecule has 0 unspecified atom stereocenters. The first-order valence-electron chi connectivity index (χ1n) is 13.4. The number of carbonyl (C=O) groups excluding carboxylic acids is 2. The summed E-state index contributed by atoms with van der Waals surface area (Å²) in [6.07, 6.45) is 0.837. The van der Waals surface area contributed by atoms with Crippen molar-refractivity contribution in [2.75, 3.05) is 7.11 Å². The lowest BCUT2D eigenvalue weighted by atomic mass is 9.54. The van der Waals surface area contributed by atoms with Gasteiger partial charge in [-0.3, -0.25) is 9.59 Å². The summed E-state index contributed by atoms with van der Waals surface area (Å²) in [5, 5.41) is 69.5. The smallest absolute Gasteiger partial charge is 0.217 e. The fourth-order valence-corrected chi connectivity index (χ4v) is 8.19. The fraction of sp³-hybridized carbons (Fsp3) is 0.419. The second-order valence-corrected chi connectivity index (χ2v) is 12.4. The lowest BCUT2D eigenvalue weighted by Crippen LogP contribution is -2.69. The van der Waals surface area contributed by atoms with Crippen molar-refractivity contribution in [1.29, 1.82) is 0 Å². The van der Waals surface area contributed by atoms with Crippen LogP contribution in [-0.2, 0) is 16.6 Å². The van der Waals surface area contributed by atoms with Crippen molar-refractivity contribution in [3.8, 4) is 17.2 Å². The summed E-state index contributed by atoms with van der Waals surface area (Å²) < 4.78 is 5.75. The molecule has 0 aromatic heterocycles. The van der Waals surface area contributed by atoms with Crippen LogP contribution in [0.25, 0.3) is 10.8 Å². The Balaban J connectivity index is 1.79. The largest absolute Gasteiger partial charge is 0.508 e. The van der Waals surface area contributed by atoms with Crippen molar-refractivity contribution < 1.29 is 45.0 Å². The van der Waals surface area contributed by atoms with E-state index in [4.69, 9.17) is 10.5 Å². The van der Waals surface area contributed by atoms with Crippen LogP contribution >= 0.6 is 0 Å². The minimum absolute atomic E-state index is 0.0889. The number of carbonyl (C=O) groups is 2. The van der Waals surface area contributed by atoms with Gasteiger partial charge in [-0.2, -0.15) is 0 Å². The first kappa shape index (κ1) is 27.3. The summed E-state index contributed by atoms with van der Waals surface area (Å²) in [5.41, 5.74) is -1.46. The maximum atomic E-state index is 14.2. The SMILES string of the molecule is C=C(N)C1=C(O)[C@@]2(O)C(=O)c3c(c4c5c(c(OC)cc(O)c5c3O)[C@]3(C4)C(C)=CCCC3(C)C)[C@H](O)[C@@]2(O)CC1=O. The molecule has 2 aromatic carbocycles. The number of hydrogen-bond acceptors (Lipinski definition) is 10. The van der Waals surface area contributed by atoms with Gasteiger partial charge in [0.1, 0.15) is 34.7 Å². The van der Waals surface area contributed by atoms with Gasteiger partial charge < -0.3 is 41.1 Å². The van der Waals surface area contributed by atoms with Crippen LogP contribution in [0.15, 0.2) is 41.3 Å². The number of ether oxygens (including phenoxy) is 1. The minimum Gasteiger partial charge on any atom is -0.508 e. The molecule has 0 saturated carbocycles. The van der Waals surface area contributed by atoms with E-state index in [1.807, 2.05) is 6.92 Å². The average molecular weight is 564 g/mol. The zero-order valence-corrected chi connectivity index (χ0v) is 23.3. The van der Waals surface area contributed by atoms with E-state index in [9.17, 15) is 40.2 Å². The topological polar surface area (TPSA) is 191 Å². The van der Waals surface area contributed by atoms with Crippen LogP contribution in [0, 0.1) is 5.41 Å². The summed E-state index contributed by atoms with van der Waals surface area (Å²) in [5.74, 6) is -4.35. The Morgan fingerprint density at radius 3 is 2.37 bits per heavy atom. The van der Waals surface area contributed by atoms with E-state index in [0.717, 1.165) is 18.4 Å². The molecule has 216 valence electrons. The van der Waals surface area contributed by atoms with Gasteiger partial charge in [-0.15, -0.1) is 0 Å². The quantitative estimate of drug-likeness (QED) is 0.267. The van der Waals surface area contributed by atoms with Crippen LogP contribution in [0.1, 0.15) is 73.2 Å². The molecule has 2 aromatic rings. The third-order valence-corrected chi connectivity index (χ3v) is 10.3. The summed E-state index contributed by atoms with van der Waals surface area (Å²) in [6.45, 7) is 9.59. The normalized spacial score (nSPS) is 31.8. The summed E-state index contributed by atoms with van der Waals surface area (Å²) >= 11 is 0. The molecule has 41 heavy (non-hydrogen) atoms. The van der Waals surface area contributed by atoms with Crippen LogP contribution in [-0.4, -0.2) is 60.5 Å². The van der Waals surface area contributed by atoms with Crippen LogP contribution < -0.4 is 10.5 Å². The van der Waals surface area contributed by atoms with Gasteiger partial charge in [0.15, 0.2) is 5.78 Å². The molecular weight excluding hydrogens is 530 g/mol. The van der Waals surface area contributed by atoms with E-state index in [1.54, 1.807) is 0 Å². The number of fused-ring (bicyclic) bond motifs is 4. The Labute approximate surface area is 235 Å². The zero-order chi connectivity index (χ0) is 30.2. The number of allylic oxidation sites excluding steroid dienone is 3. The Bertz CT molecular complexity index is 1720. The van der Waals surface area contributed by atoms with Crippen molar-refractivity contribution >= 4 is 22.3 Å². The van der Waals surface area contributed by atoms with Crippen LogP contribution in [0.2, 0.25) is 0 Å². The van der Waals surface area contributed by atoms with E-state index < -0.39 is 80.2 Å². The summed E-state index contributed by atoms with van der Waals surface area (Å²) in [4.78, 5) is 27.2. The van der Waals surface area contributed by atoms with E-state index in [1.165, 1.54) is 13.2 Å². The fourth-order valence-electron chi connectivity index (χ4n) is 8.19. The molecule has 1 spiro atoms. The van der Waals surface area contributed by atoms with Crippen molar-refractivity contribution in [2.45, 2.75) is 69.2 Å². The lowest BCUT2D eigenvalue weighted by molar-refractivity contribution is -0.192. The highest BCUT2D eigenvalue weighted by Crippen LogP contribution is 2.66. The van der Waals surface area contributed by atoms with Gasteiger partial charge in [-0.05, 0) is 37.2 Å². The Morgan fingerprint density at radius 1 is 1.12 bits per heavy atom. The van der Waals surface area contributed by atoms with Gasteiger partial charge in [-0.1, -0.05) is 32.1 Å². The number of aliphatic hydroxyl groups excluding tert-OH is 2. The standard InChI is InChI=1S/C31H33NO9/c1-12-7-6-8-28(3,4)29(12)10-14-19-21(15(33)9-17(41-5)23(19)29)24(35)22-20(14)25(36)30(39)11-16(34)18(13(2)32)26(37)31(30,40)27(22)38/h7,9,25,33,35-37,39-40H,2,6,8,10-11,32H2,1,3-5H3/t25-,29-,30-,31+/m0/s1. The summed E-state index contributed by atoms with van der Waals surface area (Å²) in [7, 11) is 1.46. The lowest BCUT2D eigenvalue weighted by Gasteiger charge is -2.51. The van der Waals surface area contributed by atoms with Gasteiger partial charge in [0.2, 0.25) is 11.4 Å². The molecule has 0 heterocycles. The van der Waals surface area contributed by atoms with E-state index >= 15 is 0 Å². The van der Waals surface area contributed by atoms with Crippen molar-refractivity contribution in [1.82, 2.24) is 0 Å². The second-order valence-electron chi connectivity index (χ2n) is 12.4. The molecule has 10 nitrogen and oxygen atoms in total. The molecule has 10 heteroatoms. The third kappa shape index (κ3) is 2.78. The first-order valence-corrected chi connectivity index (χ1v) is 13.4. The highest BCUT2D eigenvalue weighted by molar-refractivity contribution is 6.18. The molecule has 0 radical (unpaired) electrons. The minimum atomic E-state index is -3.25. The Morgan fingerprint density at radius 2 is 1.78 bits per heavy atom. The van der Waals surface area contributed by atoms with Crippen molar-refractivity contribution in [3.63, 3.8) is 0 Å². The third-order valence-electron chi connectivity index (χ3n) is 10.3. The van der Waals surface area contributed by atoms with Crippen LogP contribution in [0.4, 0.5) is 0 Å². The van der Waals surface area contributed by atoms with Crippen molar-refractivity contribution in [2.24, 2.45) is 11.1 Å². The second kappa shape index (κ2) is 7.90. The number of rotatable bonds is 2. The Hall–Kier alpha value is -3.86. The van der Waals surface area contributed by atoms with Gasteiger partial charge in [0.05, 0.1) is 23.6 Å². The van der Waals surface area contributed by atoms with Gasteiger partial charge in [0.25, 0.3) is 0 Å². The molecule has 0 amide bonds. The van der Waals surface area contributed by atoms with Gasteiger partial charge in [-0.25, -0.2) is 0 Å². The van der Waals surface area contributed by atoms with Crippen molar-refractivity contribution in [3.05, 3.63) is 63.6 Å². The van der Waals surface area contributed by atoms with Crippen LogP contribution in [0.5, 0.6) is 17.2 Å². The predicted molar refractivity (Wildman–Crippen MR) is 148 cm³/mol. The number of phenolic OH excluding ortho intramolecular Hbond substituents is 2. The molecule has 4 atom stereocenters. The molecule has 8 N–H and O–H groups in total. The van der Waals surface area contributed by atoms with Gasteiger partial charge >= 0.3 is 0 Å². The number of nitrogens with two attached hydrogens (primary N) is 1. The van der Waals surface area contributed by atoms with Crippen LogP contribution in [0.3, 0.4) is 0 Å². The predicted octanol–water partition coefficient (Wildman–Crippen LogP) is 2.77. The molecule has 4 aliphatic rings. The average Bonchev–Trinajstić information content (AvgIpc) is 3.24. The number of hydrogen-bond donors (Lipinski definition) is 7. The number of benzene rings is 2. The highest BCUT2D eigenvalue weighted by Gasteiger charge is 2.70. The molecule has 0 bridgehead atoms. The first-order chi connectivity index (χ1) is 19.0. The van der Waals surface area contributed by atoms with E-state index in [2.05, 4.69) is 26.5 Å². The van der Waals surface area contributed by atoms with Gasteiger partial charge in [0, 0.05) is 40.1 Å². The molecule has 0 aliphatic heterocycles. The number of Topliss-reactive ketones (excluding diaryl/α,β-unsaturated/α-hetero) is 2. The molecule has 4 aliphatic carbocycles. The number of aliphatic hydroxyl groups is 4. The molecule has 0 saturated heterocycles. The summed E-state index contributed by atoms with van der Waals surface area (Å²) in [6, 6.07) is 1.36.